The minimum Gasteiger partial charge on any atom is -0.492 e. The summed E-state index contributed by atoms with van der Waals surface area (Å²) in [5.74, 6) is -0.550. The van der Waals surface area contributed by atoms with Gasteiger partial charge in [0.15, 0.2) is 0 Å². The van der Waals surface area contributed by atoms with Crippen molar-refractivity contribution in [2.45, 2.75) is 18.7 Å². The van der Waals surface area contributed by atoms with Gasteiger partial charge in [-0.3, -0.25) is 9.59 Å². The second-order valence-electron chi connectivity index (χ2n) is 6.33. The fourth-order valence-corrected chi connectivity index (χ4v) is 4.47. The molecule has 2 amide bonds. The Morgan fingerprint density at radius 1 is 1.11 bits per heavy atom. The number of hydrogen-bond donors (Lipinski definition) is 1. The van der Waals surface area contributed by atoms with Crippen LogP contribution in [0.4, 0.5) is 0 Å². The van der Waals surface area contributed by atoms with Gasteiger partial charge < -0.3 is 10.1 Å². The molecule has 0 saturated carbocycles. The van der Waals surface area contributed by atoms with Crippen LogP contribution in [0, 0.1) is 13.8 Å². The number of nitrogens with one attached hydrogen (secondary N) is 1. The van der Waals surface area contributed by atoms with Crippen LogP contribution in [0.5, 0.6) is 5.75 Å². The number of nitrogens with zero attached hydrogens (tertiary/aromatic N) is 1. The molecular weight excluding hydrogens is 368 g/mol. The predicted octanol–water partition coefficient (Wildman–Crippen LogP) is 1.64. The summed E-state index contributed by atoms with van der Waals surface area (Å²) < 4.78 is 31.0. The predicted molar refractivity (Wildman–Crippen MR) is 99.1 cm³/mol. The molecule has 0 bridgehead atoms. The summed E-state index contributed by atoms with van der Waals surface area (Å²) in [4.78, 5) is 24.3. The Hall–Kier alpha value is -2.87. The number of hydrogen-bond acceptors (Lipinski definition) is 5. The number of sulfonamides is 1. The first-order valence-corrected chi connectivity index (χ1v) is 9.87. The second kappa shape index (κ2) is 7.40. The monoisotopic (exact) mass is 388 g/mol. The molecule has 0 radical (unpaired) electrons. The van der Waals surface area contributed by atoms with Crippen LogP contribution >= 0.6 is 0 Å². The molecule has 0 aromatic heterocycles. The van der Waals surface area contributed by atoms with Crippen LogP contribution in [-0.4, -0.2) is 44.2 Å². The Morgan fingerprint density at radius 2 is 1.78 bits per heavy atom. The molecule has 0 aliphatic carbocycles. The van der Waals surface area contributed by atoms with Gasteiger partial charge >= 0.3 is 0 Å². The van der Waals surface area contributed by atoms with Gasteiger partial charge in [-0.05, 0) is 49.2 Å². The number of carbonyl (C=O) groups is 2. The standard InChI is InChI=1S/C19H20N2O5S/c1-13-9-14(2)11-15(10-13)26-8-7-20-18(22)12-21-19(23)16-5-3-4-6-17(16)27(21,24)25/h3-6,9-11H,7-8,12H2,1-2H3,(H,20,22). The minimum atomic E-state index is -3.98. The molecule has 2 aromatic carbocycles. The van der Waals surface area contributed by atoms with Crippen LogP contribution in [-0.2, 0) is 14.8 Å². The highest BCUT2D eigenvalue weighted by atomic mass is 32.2. The summed E-state index contributed by atoms with van der Waals surface area (Å²) >= 11 is 0. The fourth-order valence-electron chi connectivity index (χ4n) is 2.95. The number of benzene rings is 2. The lowest BCUT2D eigenvalue weighted by Gasteiger charge is -2.15. The van der Waals surface area contributed by atoms with Gasteiger partial charge in [-0.15, -0.1) is 0 Å². The number of carbonyl (C=O) groups excluding carboxylic acids is 2. The number of rotatable bonds is 6. The normalized spacial score (nSPS) is 14.7. The van der Waals surface area contributed by atoms with Gasteiger partial charge in [0, 0.05) is 0 Å². The molecule has 0 spiro atoms. The van der Waals surface area contributed by atoms with Gasteiger partial charge in [-0.25, -0.2) is 12.7 Å². The zero-order chi connectivity index (χ0) is 19.6. The summed E-state index contributed by atoms with van der Waals surface area (Å²) in [6.07, 6.45) is 0. The topological polar surface area (TPSA) is 92.8 Å². The van der Waals surface area contributed by atoms with Crippen LogP contribution in [0.1, 0.15) is 21.5 Å². The highest BCUT2D eigenvalue weighted by Gasteiger charge is 2.41. The molecule has 7 nitrogen and oxygen atoms in total. The Balaban J connectivity index is 1.54. The van der Waals surface area contributed by atoms with E-state index >= 15 is 0 Å². The van der Waals surface area contributed by atoms with Crippen molar-refractivity contribution in [1.82, 2.24) is 9.62 Å². The molecule has 0 fully saturated rings. The summed E-state index contributed by atoms with van der Waals surface area (Å²) in [6, 6.07) is 11.7. The highest BCUT2D eigenvalue weighted by Crippen LogP contribution is 2.29. The van der Waals surface area contributed by atoms with Crippen molar-refractivity contribution < 1.29 is 22.7 Å². The summed E-state index contributed by atoms with van der Waals surface area (Å²) in [7, 11) is -3.98. The molecule has 8 heteroatoms. The van der Waals surface area contributed by atoms with Crippen molar-refractivity contribution in [2.75, 3.05) is 19.7 Å². The van der Waals surface area contributed by atoms with Crippen LogP contribution in [0.25, 0.3) is 0 Å². The van der Waals surface area contributed by atoms with E-state index in [1.165, 1.54) is 18.2 Å². The van der Waals surface area contributed by atoms with Gasteiger partial charge in [0.1, 0.15) is 23.8 Å². The smallest absolute Gasteiger partial charge is 0.269 e. The highest BCUT2D eigenvalue weighted by molar-refractivity contribution is 7.90. The zero-order valence-corrected chi connectivity index (χ0v) is 15.9. The van der Waals surface area contributed by atoms with Crippen molar-refractivity contribution in [3.05, 3.63) is 59.2 Å². The zero-order valence-electron chi connectivity index (χ0n) is 15.1. The van der Waals surface area contributed by atoms with Gasteiger partial charge in [0.05, 0.1) is 12.1 Å². The van der Waals surface area contributed by atoms with Gasteiger partial charge in [0.2, 0.25) is 5.91 Å². The molecule has 27 heavy (non-hydrogen) atoms. The van der Waals surface area contributed by atoms with Crippen molar-refractivity contribution in [3.63, 3.8) is 0 Å². The van der Waals surface area contributed by atoms with Crippen LogP contribution < -0.4 is 10.1 Å². The molecule has 0 saturated heterocycles. The summed E-state index contributed by atoms with van der Waals surface area (Å²) in [5, 5.41) is 2.57. The molecule has 1 N–H and O–H groups in total. The Labute approximate surface area is 158 Å². The van der Waals surface area contributed by atoms with E-state index in [9.17, 15) is 18.0 Å². The minimum absolute atomic E-state index is 0.0686. The lowest BCUT2D eigenvalue weighted by molar-refractivity contribution is -0.121. The lowest BCUT2D eigenvalue weighted by Crippen LogP contribution is -2.41. The third kappa shape index (κ3) is 3.95. The maximum absolute atomic E-state index is 12.4. The molecule has 1 aliphatic rings. The quantitative estimate of drug-likeness (QED) is 0.760. The third-order valence-electron chi connectivity index (χ3n) is 4.09. The summed E-state index contributed by atoms with van der Waals surface area (Å²) in [5.41, 5.74) is 2.24. The molecule has 3 rings (SSSR count). The molecular formula is C19H20N2O5S. The van der Waals surface area contributed by atoms with E-state index in [-0.39, 0.29) is 23.6 Å². The van der Waals surface area contributed by atoms with E-state index in [1.54, 1.807) is 6.07 Å². The second-order valence-corrected chi connectivity index (χ2v) is 8.17. The molecule has 1 aliphatic heterocycles. The first kappa shape index (κ1) is 18.9. The van der Waals surface area contributed by atoms with E-state index in [0.717, 1.165) is 11.1 Å². The van der Waals surface area contributed by atoms with Crippen molar-refractivity contribution in [3.8, 4) is 5.75 Å². The van der Waals surface area contributed by atoms with E-state index in [2.05, 4.69) is 5.32 Å². The Bertz CT molecular complexity index is 981. The van der Waals surface area contributed by atoms with Gasteiger partial charge in [0.25, 0.3) is 15.9 Å². The average Bonchev–Trinajstić information content (AvgIpc) is 2.79. The van der Waals surface area contributed by atoms with Crippen LogP contribution in [0.15, 0.2) is 47.4 Å². The first-order valence-electron chi connectivity index (χ1n) is 8.43. The number of fused-ring (bicyclic) bond motifs is 1. The van der Waals surface area contributed by atoms with E-state index in [0.29, 0.717) is 10.1 Å². The maximum Gasteiger partial charge on any atom is 0.269 e. The van der Waals surface area contributed by atoms with Crippen molar-refractivity contribution in [1.29, 1.82) is 0 Å². The fraction of sp³-hybridized carbons (Fsp3) is 0.263. The molecule has 1 heterocycles. The van der Waals surface area contributed by atoms with E-state index in [4.69, 9.17) is 4.74 Å². The van der Waals surface area contributed by atoms with Crippen molar-refractivity contribution in [2.24, 2.45) is 0 Å². The number of amides is 2. The van der Waals surface area contributed by atoms with Crippen molar-refractivity contribution >= 4 is 21.8 Å². The van der Waals surface area contributed by atoms with E-state index < -0.39 is 28.4 Å². The largest absolute Gasteiger partial charge is 0.492 e. The SMILES string of the molecule is Cc1cc(C)cc(OCCNC(=O)CN2C(=O)c3ccccc3S2(=O)=O)c1. The molecule has 0 unspecified atom stereocenters. The first-order chi connectivity index (χ1) is 12.8. The molecule has 142 valence electrons. The van der Waals surface area contributed by atoms with E-state index in [1.807, 2.05) is 32.0 Å². The Kier molecular flexibility index (Phi) is 5.18. The summed E-state index contributed by atoms with van der Waals surface area (Å²) in [6.45, 7) is 3.80. The van der Waals surface area contributed by atoms with Gasteiger partial charge in [-0.1, -0.05) is 18.2 Å². The number of aryl methyl sites for hydroxylation is 2. The average molecular weight is 388 g/mol. The number of ether oxygens (including phenoxy) is 1. The van der Waals surface area contributed by atoms with Crippen LogP contribution in [0.3, 0.4) is 0 Å². The molecule has 0 atom stereocenters. The van der Waals surface area contributed by atoms with Crippen LogP contribution in [0.2, 0.25) is 0 Å². The molecule has 2 aromatic rings. The third-order valence-corrected chi connectivity index (χ3v) is 5.87. The maximum atomic E-state index is 12.4. The lowest BCUT2D eigenvalue weighted by atomic mass is 10.1. The van der Waals surface area contributed by atoms with Gasteiger partial charge in [-0.2, -0.15) is 0 Å². The Morgan fingerprint density at radius 3 is 2.44 bits per heavy atom.